The van der Waals surface area contributed by atoms with Crippen LogP contribution in [0.3, 0.4) is 0 Å². The Balaban J connectivity index is 1.20. The third-order valence-corrected chi connectivity index (χ3v) is 7.70. The van der Waals surface area contributed by atoms with E-state index in [2.05, 4.69) is 16.3 Å². The van der Waals surface area contributed by atoms with Gasteiger partial charge in [0.05, 0.1) is 18.1 Å². The van der Waals surface area contributed by atoms with Crippen molar-refractivity contribution in [1.82, 2.24) is 4.90 Å². The highest BCUT2D eigenvalue weighted by Crippen LogP contribution is 2.36. The van der Waals surface area contributed by atoms with Crippen LogP contribution in [0.2, 0.25) is 0 Å². The molecule has 8 heteroatoms. The van der Waals surface area contributed by atoms with E-state index in [1.807, 2.05) is 72.8 Å². The second-order valence-electron chi connectivity index (χ2n) is 9.19. The van der Waals surface area contributed by atoms with Crippen molar-refractivity contribution in [3.8, 4) is 0 Å². The van der Waals surface area contributed by atoms with Gasteiger partial charge in [-0.15, -0.1) is 0 Å². The maximum absolute atomic E-state index is 13.2. The van der Waals surface area contributed by atoms with Crippen LogP contribution >= 0.6 is 11.8 Å². The number of benzene rings is 4. The van der Waals surface area contributed by atoms with Crippen LogP contribution in [0.1, 0.15) is 5.56 Å². The Morgan fingerprint density at radius 1 is 0.895 bits per heavy atom. The molecule has 0 bridgehead atoms. The Morgan fingerprint density at radius 2 is 1.53 bits per heavy atom. The van der Waals surface area contributed by atoms with Gasteiger partial charge in [0, 0.05) is 24.5 Å². The SMILES string of the molecule is O=C(CN1C(=O)S/C(=C/c2c3ccccc3cc3ccccc23)C1=O)Nc1ccc(N2CCOCC2)cc1. The number of nitrogens with zero attached hydrogens (tertiary/aromatic N) is 2. The van der Waals surface area contributed by atoms with Gasteiger partial charge in [0.25, 0.3) is 11.1 Å². The summed E-state index contributed by atoms with van der Waals surface area (Å²) in [5.41, 5.74) is 2.55. The van der Waals surface area contributed by atoms with Crippen molar-refractivity contribution in [3.63, 3.8) is 0 Å². The number of imide groups is 1. The zero-order valence-electron chi connectivity index (χ0n) is 20.6. The van der Waals surface area contributed by atoms with Gasteiger partial charge in [-0.1, -0.05) is 48.5 Å². The van der Waals surface area contributed by atoms with Crippen LogP contribution < -0.4 is 10.2 Å². The molecule has 38 heavy (non-hydrogen) atoms. The van der Waals surface area contributed by atoms with Crippen LogP contribution in [0.4, 0.5) is 16.2 Å². The summed E-state index contributed by atoms with van der Waals surface area (Å²) in [6, 6.07) is 25.6. The first-order valence-electron chi connectivity index (χ1n) is 12.5. The topological polar surface area (TPSA) is 79.0 Å². The molecule has 4 aromatic rings. The highest BCUT2D eigenvalue weighted by molar-refractivity contribution is 8.18. The molecule has 190 valence electrons. The molecule has 0 radical (unpaired) electrons. The van der Waals surface area contributed by atoms with E-state index in [-0.39, 0.29) is 6.54 Å². The summed E-state index contributed by atoms with van der Waals surface area (Å²) in [5, 5.41) is 6.44. The standard InChI is InChI=1S/C30H25N3O4S/c34-28(31-22-9-11-23(12-10-22)32-13-15-37-16-14-32)19-33-29(35)27(38-30(33)36)18-26-24-7-3-1-5-20(24)17-21-6-2-4-8-25(21)26/h1-12,17-18H,13-16,19H2,(H,31,34)/b27-18+. The molecule has 6 rings (SSSR count). The molecule has 0 saturated carbocycles. The van der Waals surface area contributed by atoms with Crippen LogP contribution in [0.15, 0.2) is 83.8 Å². The lowest BCUT2D eigenvalue weighted by Gasteiger charge is -2.28. The number of fused-ring (bicyclic) bond motifs is 2. The Labute approximate surface area is 224 Å². The predicted molar refractivity (Wildman–Crippen MR) is 152 cm³/mol. The Bertz CT molecular complexity index is 1540. The van der Waals surface area contributed by atoms with Crippen molar-refractivity contribution < 1.29 is 19.1 Å². The van der Waals surface area contributed by atoms with E-state index in [0.29, 0.717) is 23.8 Å². The zero-order valence-corrected chi connectivity index (χ0v) is 21.4. The van der Waals surface area contributed by atoms with E-state index in [0.717, 1.165) is 62.5 Å². The fraction of sp³-hybridized carbons (Fsp3) is 0.167. The van der Waals surface area contributed by atoms with Crippen LogP contribution in [0, 0.1) is 0 Å². The van der Waals surface area contributed by atoms with Crippen LogP contribution in [0.5, 0.6) is 0 Å². The van der Waals surface area contributed by atoms with Gasteiger partial charge in [0.2, 0.25) is 5.91 Å². The number of nitrogens with one attached hydrogen (secondary N) is 1. The molecule has 2 fully saturated rings. The molecular weight excluding hydrogens is 498 g/mol. The Kier molecular flexibility index (Phi) is 6.57. The highest BCUT2D eigenvalue weighted by atomic mass is 32.2. The summed E-state index contributed by atoms with van der Waals surface area (Å²) >= 11 is 0.863. The molecule has 0 aliphatic carbocycles. The number of ether oxygens (including phenoxy) is 1. The molecule has 0 unspecified atom stereocenters. The summed E-state index contributed by atoms with van der Waals surface area (Å²) < 4.78 is 5.39. The van der Waals surface area contributed by atoms with E-state index in [1.165, 1.54) is 0 Å². The molecule has 0 aromatic heterocycles. The minimum atomic E-state index is -0.463. The van der Waals surface area contributed by atoms with Gasteiger partial charge in [-0.2, -0.15) is 0 Å². The van der Waals surface area contributed by atoms with Crippen molar-refractivity contribution in [3.05, 3.63) is 89.3 Å². The van der Waals surface area contributed by atoms with Crippen LogP contribution in [-0.4, -0.2) is 54.8 Å². The summed E-state index contributed by atoms with van der Waals surface area (Å²) in [7, 11) is 0. The average Bonchev–Trinajstić information content (AvgIpc) is 3.21. The number of rotatable bonds is 5. The fourth-order valence-corrected chi connectivity index (χ4v) is 5.71. The number of thioether (sulfide) groups is 1. The summed E-state index contributed by atoms with van der Waals surface area (Å²) in [4.78, 5) is 42.2. The first-order valence-corrected chi connectivity index (χ1v) is 13.3. The lowest BCUT2D eigenvalue weighted by molar-refractivity contribution is -0.127. The minimum Gasteiger partial charge on any atom is -0.378 e. The molecule has 2 aliphatic rings. The number of carbonyl (C=O) groups is 3. The second-order valence-corrected chi connectivity index (χ2v) is 10.2. The van der Waals surface area contributed by atoms with E-state index >= 15 is 0 Å². The molecule has 3 amide bonds. The normalized spacial score (nSPS) is 17.1. The van der Waals surface area contributed by atoms with Crippen LogP contribution in [-0.2, 0) is 14.3 Å². The second kappa shape index (κ2) is 10.3. The molecule has 0 spiro atoms. The lowest BCUT2D eigenvalue weighted by atomic mass is 9.96. The van der Waals surface area contributed by atoms with Gasteiger partial charge in [0.15, 0.2) is 0 Å². The monoisotopic (exact) mass is 523 g/mol. The summed E-state index contributed by atoms with van der Waals surface area (Å²) in [6.07, 6.45) is 1.78. The van der Waals surface area contributed by atoms with Crippen molar-refractivity contribution in [1.29, 1.82) is 0 Å². The molecular formula is C30H25N3O4S. The summed E-state index contributed by atoms with van der Waals surface area (Å²) in [6.45, 7) is 2.70. The Morgan fingerprint density at radius 3 is 2.18 bits per heavy atom. The van der Waals surface area contributed by atoms with Crippen LogP contribution in [0.25, 0.3) is 27.6 Å². The fourth-order valence-electron chi connectivity index (χ4n) is 4.89. The number of anilines is 2. The molecule has 4 aromatic carbocycles. The van der Waals surface area contributed by atoms with E-state index in [1.54, 1.807) is 6.08 Å². The highest BCUT2D eigenvalue weighted by Gasteiger charge is 2.36. The van der Waals surface area contributed by atoms with E-state index in [9.17, 15) is 14.4 Å². The van der Waals surface area contributed by atoms with Crippen molar-refractivity contribution >= 4 is 67.8 Å². The number of carbonyl (C=O) groups excluding carboxylic acids is 3. The summed E-state index contributed by atoms with van der Waals surface area (Å²) in [5.74, 6) is -0.891. The largest absolute Gasteiger partial charge is 0.378 e. The van der Waals surface area contributed by atoms with Gasteiger partial charge >= 0.3 is 0 Å². The maximum Gasteiger partial charge on any atom is 0.294 e. The average molecular weight is 524 g/mol. The quantitative estimate of drug-likeness (QED) is 0.275. The first kappa shape index (κ1) is 24.2. The zero-order chi connectivity index (χ0) is 26.1. The third-order valence-electron chi connectivity index (χ3n) is 6.79. The van der Waals surface area contributed by atoms with Crippen molar-refractivity contribution in [2.45, 2.75) is 0 Å². The maximum atomic E-state index is 13.2. The first-order chi connectivity index (χ1) is 18.6. The smallest absolute Gasteiger partial charge is 0.294 e. The molecule has 2 heterocycles. The van der Waals surface area contributed by atoms with Gasteiger partial charge in [-0.05, 0) is 75.3 Å². The van der Waals surface area contributed by atoms with E-state index < -0.39 is 17.1 Å². The van der Waals surface area contributed by atoms with Crippen molar-refractivity contribution in [2.75, 3.05) is 43.1 Å². The third kappa shape index (κ3) is 4.76. The van der Waals surface area contributed by atoms with E-state index in [4.69, 9.17) is 4.74 Å². The molecule has 0 atom stereocenters. The van der Waals surface area contributed by atoms with Crippen molar-refractivity contribution in [2.24, 2.45) is 0 Å². The predicted octanol–water partition coefficient (Wildman–Crippen LogP) is 5.50. The number of hydrogen-bond acceptors (Lipinski definition) is 6. The minimum absolute atomic E-state index is 0.305. The number of hydrogen-bond donors (Lipinski definition) is 1. The van der Waals surface area contributed by atoms with Gasteiger partial charge in [-0.25, -0.2) is 0 Å². The molecule has 7 nitrogen and oxygen atoms in total. The number of amides is 3. The molecule has 1 N–H and O–H groups in total. The van der Waals surface area contributed by atoms with Gasteiger partial charge in [0.1, 0.15) is 6.54 Å². The number of morpholine rings is 1. The molecule has 2 saturated heterocycles. The van der Waals surface area contributed by atoms with Gasteiger partial charge < -0.3 is 15.0 Å². The molecule has 2 aliphatic heterocycles. The lowest BCUT2D eigenvalue weighted by Crippen LogP contribution is -2.36. The Hall–Kier alpha value is -4.14. The van der Waals surface area contributed by atoms with Gasteiger partial charge in [-0.3, -0.25) is 19.3 Å².